The summed E-state index contributed by atoms with van der Waals surface area (Å²) in [5.74, 6) is 0. The molecule has 0 aliphatic carbocycles. The number of hydrogen-bond acceptors (Lipinski definition) is 1. The zero-order valence-electron chi connectivity index (χ0n) is 10.9. The van der Waals surface area contributed by atoms with Crippen LogP contribution in [0.2, 0.25) is 0 Å². The normalized spacial score (nSPS) is 12.8. The average Bonchev–Trinajstić information content (AvgIpc) is 2.31. The summed E-state index contributed by atoms with van der Waals surface area (Å²) < 4.78 is 18.4. The Morgan fingerprint density at radius 2 is 2.06 bits per heavy atom. The summed E-state index contributed by atoms with van der Waals surface area (Å²) in [6.07, 6.45) is 4.56. The predicted molar refractivity (Wildman–Crippen MR) is 70.4 cm³/mol. The van der Waals surface area contributed by atoms with Gasteiger partial charge in [-0.15, -0.1) is 0 Å². The highest BCUT2D eigenvalue weighted by molar-refractivity contribution is 5.76. The molecule has 1 rings (SSSR count). The molecule has 0 spiro atoms. The molecule has 0 aliphatic heterocycles. The smallest absolute Gasteiger partial charge is 0.280 e. The Kier molecular flexibility index (Phi) is 4.95. The minimum Gasteiger partial charge on any atom is -0.474 e. The van der Waals surface area contributed by atoms with Crippen LogP contribution in [0.1, 0.15) is 30.0 Å². The summed E-state index contributed by atoms with van der Waals surface area (Å²) in [6.45, 7) is 6.01. The first-order chi connectivity index (χ1) is 8.10. The lowest BCUT2D eigenvalue weighted by atomic mass is 9.99. The van der Waals surface area contributed by atoms with Crippen molar-refractivity contribution in [1.82, 2.24) is 0 Å². The summed E-state index contributed by atoms with van der Waals surface area (Å²) in [5.41, 5.74) is 3.60. The Hall–Kier alpha value is -1.57. The maximum Gasteiger partial charge on any atom is 0.280 e. The van der Waals surface area contributed by atoms with Gasteiger partial charge in [-0.2, -0.15) is 4.39 Å². The topological polar surface area (TPSA) is 9.23 Å². The largest absolute Gasteiger partial charge is 0.474 e. The predicted octanol–water partition coefficient (Wildman–Crippen LogP) is 4.55. The highest BCUT2D eigenvalue weighted by Gasteiger charge is 2.09. The molecule has 0 aliphatic rings. The van der Waals surface area contributed by atoms with E-state index in [-0.39, 0.29) is 0 Å². The van der Waals surface area contributed by atoms with Gasteiger partial charge in [0.05, 0.1) is 12.7 Å². The lowest BCUT2D eigenvalue weighted by molar-refractivity contribution is 0.206. The average molecular weight is 234 g/mol. The Labute approximate surface area is 103 Å². The molecule has 0 radical (unpaired) electrons. The number of ether oxygens (including phenoxy) is 1. The van der Waals surface area contributed by atoms with Crippen LogP contribution in [0.3, 0.4) is 0 Å². The molecular formula is C15H19FO. The molecule has 92 valence electrons. The van der Waals surface area contributed by atoms with Crippen LogP contribution in [0, 0.1) is 13.8 Å². The molecule has 1 aromatic rings. The maximum atomic E-state index is 13.7. The third-order valence-electron chi connectivity index (χ3n) is 2.58. The second-order valence-corrected chi connectivity index (χ2v) is 4.02. The van der Waals surface area contributed by atoms with Gasteiger partial charge in [-0.3, -0.25) is 0 Å². The molecule has 0 fully saturated rings. The van der Waals surface area contributed by atoms with Crippen molar-refractivity contribution in [1.29, 1.82) is 0 Å². The van der Waals surface area contributed by atoms with Crippen LogP contribution >= 0.6 is 0 Å². The maximum absolute atomic E-state index is 13.7. The van der Waals surface area contributed by atoms with E-state index in [9.17, 15) is 4.39 Å². The molecule has 17 heavy (non-hydrogen) atoms. The van der Waals surface area contributed by atoms with Gasteiger partial charge in [-0.05, 0) is 31.4 Å². The van der Waals surface area contributed by atoms with Gasteiger partial charge in [-0.25, -0.2) is 0 Å². The van der Waals surface area contributed by atoms with Crippen molar-refractivity contribution in [3.63, 3.8) is 0 Å². The minimum absolute atomic E-state index is 0.506. The molecular weight excluding hydrogens is 215 g/mol. The second-order valence-electron chi connectivity index (χ2n) is 4.02. The number of halogens is 1. The molecule has 1 aromatic carbocycles. The molecule has 1 nitrogen and oxygen atoms in total. The molecule has 0 heterocycles. The molecule has 0 amide bonds. The summed E-state index contributed by atoms with van der Waals surface area (Å²) >= 11 is 0. The summed E-state index contributed by atoms with van der Waals surface area (Å²) in [7, 11) is 1.35. The first-order valence-corrected chi connectivity index (χ1v) is 5.78. The van der Waals surface area contributed by atoms with Gasteiger partial charge in [0.15, 0.2) is 0 Å². The molecule has 0 N–H and O–H groups in total. The Morgan fingerprint density at radius 3 is 2.59 bits per heavy atom. The summed E-state index contributed by atoms with van der Waals surface area (Å²) in [4.78, 5) is 0. The quantitative estimate of drug-likeness (QED) is 0.548. The van der Waals surface area contributed by atoms with Crippen LogP contribution in [-0.4, -0.2) is 7.11 Å². The van der Waals surface area contributed by atoms with Gasteiger partial charge in [0, 0.05) is 0 Å². The van der Waals surface area contributed by atoms with Crippen molar-refractivity contribution in [3.8, 4) is 0 Å². The minimum atomic E-state index is -0.540. The van der Waals surface area contributed by atoms with E-state index in [1.807, 2.05) is 45.0 Å². The number of hydrogen-bond donors (Lipinski definition) is 0. The highest BCUT2D eigenvalue weighted by Crippen LogP contribution is 2.25. The standard InChI is InChI=1S/C15H19FO/c1-5-6-7-14(15(16)17-4)13-9-8-11(2)10-12(13)3/h6-10H,5H2,1-4H3/b7-6-,15-14+. The monoisotopic (exact) mass is 234 g/mol. The van der Waals surface area contributed by atoms with Gasteiger partial charge in [0.2, 0.25) is 0 Å². The van der Waals surface area contributed by atoms with Crippen molar-refractivity contribution >= 4 is 5.57 Å². The summed E-state index contributed by atoms with van der Waals surface area (Å²) in [6, 6.07) is 5.41. The van der Waals surface area contributed by atoms with Crippen LogP contribution in [0.25, 0.3) is 5.57 Å². The number of methoxy groups -OCH3 is 1. The molecule has 0 atom stereocenters. The Balaban J connectivity index is 3.28. The van der Waals surface area contributed by atoms with E-state index in [1.165, 1.54) is 12.7 Å². The van der Waals surface area contributed by atoms with E-state index < -0.39 is 6.01 Å². The fourth-order valence-electron chi connectivity index (χ4n) is 1.72. The number of benzene rings is 1. The van der Waals surface area contributed by atoms with Gasteiger partial charge in [-0.1, -0.05) is 42.8 Å². The van der Waals surface area contributed by atoms with Crippen LogP contribution in [-0.2, 0) is 4.74 Å². The van der Waals surface area contributed by atoms with Crippen molar-refractivity contribution in [3.05, 3.63) is 53.1 Å². The SMILES string of the molecule is CC/C=C\C(=C(\F)OC)c1ccc(C)cc1C. The van der Waals surface area contributed by atoms with E-state index >= 15 is 0 Å². The number of allylic oxidation sites excluding steroid dienone is 3. The van der Waals surface area contributed by atoms with Gasteiger partial charge >= 0.3 is 0 Å². The molecule has 0 saturated heterocycles. The van der Waals surface area contributed by atoms with Gasteiger partial charge < -0.3 is 4.74 Å². The van der Waals surface area contributed by atoms with Crippen molar-refractivity contribution in [2.45, 2.75) is 27.2 Å². The third-order valence-corrected chi connectivity index (χ3v) is 2.58. The first kappa shape index (κ1) is 13.5. The van der Waals surface area contributed by atoms with Crippen molar-refractivity contribution in [2.24, 2.45) is 0 Å². The molecule has 0 unspecified atom stereocenters. The number of aryl methyl sites for hydroxylation is 2. The molecule has 0 bridgehead atoms. The van der Waals surface area contributed by atoms with Gasteiger partial charge in [0.25, 0.3) is 6.01 Å². The zero-order chi connectivity index (χ0) is 12.8. The van der Waals surface area contributed by atoms with Crippen molar-refractivity contribution in [2.75, 3.05) is 7.11 Å². The summed E-state index contributed by atoms with van der Waals surface area (Å²) in [5, 5.41) is 0. The first-order valence-electron chi connectivity index (χ1n) is 5.78. The van der Waals surface area contributed by atoms with E-state index in [1.54, 1.807) is 6.08 Å². The highest BCUT2D eigenvalue weighted by atomic mass is 19.1. The van der Waals surface area contributed by atoms with Crippen LogP contribution < -0.4 is 0 Å². The molecule has 0 aromatic heterocycles. The molecule has 2 heteroatoms. The lowest BCUT2D eigenvalue weighted by Crippen LogP contribution is -1.92. The van der Waals surface area contributed by atoms with Crippen LogP contribution in [0.4, 0.5) is 4.39 Å². The Morgan fingerprint density at radius 1 is 1.35 bits per heavy atom. The fraction of sp³-hybridized carbons (Fsp3) is 0.333. The van der Waals surface area contributed by atoms with E-state index in [4.69, 9.17) is 4.74 Å². The second kappa shape index (κ2) is 6.24. The number of rotatable bonds is 4. The van der Waals surface area contributed by atoms with Crippen LogP contribution in [0.15, 0.2) is 36.4 Å². The molecule has 0 saturated carbocycles. The third kappa shape index (κ3) is 3.45. The van der Waals surface area contributed by atoms with E-state index in [0.29, 0.717) is 5.57 Å². The fourth-order valence-corrected chi connectivity index (χ4v) is 1.72. The Bertz CT molecular complexity index is 444. The van der Waals surface area contributed by atoms with Crippen LogP contribution in [0.5, 0.6) is 0 Å². The van der Waals surface area contributed by atoms with Crippen molar-refractivity contribution < 1.29 is 9.13 Å². The zero-order valence-corrected chi connectivity index (χ0v) is 10.9. The lowest BCUT2D eigenvalue weighted by Gasteiger charge is -2.09. The van der Waals surface area contributed by atoms with Gasteiger partial charge in [0.1, 0.15) is 0 Å². The van der Waals surface area contributed by atoms with E-state index in [2.05, 4.69) is 0 Å². The van der Waals surface area contributed by atoms with E-state index in [0.717, 1.165) is 17.5 Å².